The summed E-state index contributed by atoms with van der Waals surface area (Å²) in [7, 11) is 0. The van der Waals surface area contributed by atoms with Crippen LogP contribution in [0.1, 0.15) is 17.0 Å². The molecule has 1 aromatic heterocycles. The van der Waals surface area contributed by atoms with Crippen LogP contribution in [0.5, 0.6) is 11.5 Å². The van der Waals surface area contributed by atoms with E-state index in [1.54, 1.807) is 10.8 Å². The minimum Gasteiger partial charge on any atom is -0.454 e. The maximum atomic E-state index is 12.1. The highest BCUT2D eigenvalue weighted by atomic mass is 16.7. The number of ether oxygens (including phenoxy) is 2. The Bertz CT molecular complexity index is 995. The van der Waals surface area contributed by atoms with E-state index in [-0.39, 0.29) is 19.2 Å². The third-order valence-corrected chi connectivity index (χ3v) is 4.06. The Balaban J connectivity index is 1.38. The standard InChI is InChI=1S/C19H17N5O3/c1-13-2-6-15(7-3-13)24-18(21-22-23-24)11-20-19(25)9-5-14-4-8-16-17(10-14)27-12-26-16/h2-10H,11-12H2,1H3,(H,20,25). The quantitative estimate of drug-likeness (QED) is 0.698. The van der Waals surface area contributed by atoms with Crippen molar-refractivity contribution in [3.05, 3.63) is 65.5 Å². The fraction of sp³-hybridized carbons (Fsp3) is 0.158. The highest BCUT2D eigenvalue weighted by Crippen LogP contribution is 2.32. The molecule has 8 nitrogen and oxygen atoms in total. The van der Waals surface area contributed by atoms with Crippen LogP contribution < -0.4 is 14.8 Å². The minimum absolute atomic E-state index is 0.213. The Morgan fingerprint density at radius 3 is 2.85 bits per heavy atom. The van der Waals surface area contributed by atoms with Crippen molar-refractivity contribution in [2.75, 3.05) is 6.79 Å². The number of rotatable bonds is 5. The number of aryl methyl sites for hydroxylation is 1. The Morgan fingerprint density at radius 2 is 2.00 bits per heavy atom. The molecule has 0 aliphatic carbocycles. The van der Waals surface area contributed by atoms with Gasteiger partial charge in [0.2, 0.25) is 12.7 Å². The lowest BCUT2D eigenvalue weighted by atomic mass is 10.2. The predicted molar refractivity (Wildman–Crippen MR) is 97.3 cm³/mol. The summed E-state index contributed by atoms with van der Waals surface area (Å²) in [4.78, 5) is 12.1. The Morgan fingerprint density at radius 1 is 1.19 bits per heavy atom. The number of nitrogens with zero attached hydrogens (tertiary/aromatic N) is 4. The molecule has 1 aliphatic rings. The molecule has 1 aliphatic heterocycles. The van der Waals surface area contributed by atoms with Crippen LogP contribution in [0, 0.1) is 6.92 Å². The van der Waals surface area contributed by atoms with Gasteiger partial charge in [0.1, 0.15) is 0 Å². The average molecular weight is 363 g/mol. The first-order valence-electron chi connectivity index (χ1n) is 8.39. The van der Waals surface area contributed by atoms with Gasteiger partial charge in [-0.25, -0.2) is 0 Å². The summed E-state index contributed by atoms with van der Waals surface area (Å²) in [5.74, 6) is 1.68. The maximum absolute atomic E-state index is 12.1. The summed E-state index contributed by atoms with van der Waals surface area (Å²) in [6.45, 7) is 2.45. The molecule has 0 unspecified atom stereocenters. The second kappa shape index (κ2) is 7.28. The second-order valence-electron chi connectivity index (χ2n) is 6.01. The van der Waals surface area contributed by atoms with E-state index < -0.39 is 0 Å². The van der Waals surface area contributed by atoms with Gasteiger partial charge in [0.05, 0.1) is 12.2 Å². The van der Waals surface area contributed by atoms with Crippen LogP contribution in [-0.2, 0) is 11.3 Å². The number of carbonyl (C=O) groups excluding carboxylic acids is 1. The van der Waals surface area contributed by atoms with Crippen molar-refractivity contribution < 1.29 is 14.3 Å². The van der Waals surface area contributed by atoms with Crippen LogP contribution in [0.3, 0.4) is 0 Å². The molecule has 2 heterocycles. The Labute approximate surface area is 155 Å². The molecule has 0 radical (unpaired) electrons. The summed E-state index contributed by atoms with van der Waals surface area (Å²) < 4.78 is 12.2. The molecule has 0 bridgehead atoms. The number of hydrogen-bond acceptors (Lipinski definition) is 6. The Kier molecular flexibility index (Phi) is 4.52. The van der Waals surface area contributed by atoms with Gasteiger partial charge < -0.3 is 14.8 Å². The zero-order valence-corrected chi connectivity index (χ0v) is 14.6. The molecule has 0 spiro atoms. The van der Waals surface area contributed by atoms with Gasteiger partial charge >= 0.3 is 0 Å². The van der Waals surface area contributed by atoms with E-state index in [1.165, 1.54) is 6.08 Å². The van der Waals surface area contributed by atoms with E-state index in [9.17, 15) is 4.79 Å². The van der Waals surface area contributed by atoms with Gasteiger partial charge in [0.25, 0.3) is 0 Å². The predicted octanol–water partition coefficient (Wildman–Crippen LogP) is 2.03. The van der Waals surface area contributed by atoms with E-state index in [1.807, 2.05) is 49.4 Å². The van der Waals surface area contributed by atoms with Crippen LogP contribution in [0.25, 0.3) is 11.8 Å². The van der Waals surface area contributed by atoms with E-state index in [0.717, 1.165) is 16.8 Å². The molecule has 3 aromatic rings. The zero-order valence-electron chi connectivity index (χ0n) is 14.6. The topological polar surface area (TPSA) is 91.2 Å². The zero-order chi connectivity index (χ0) is 18.6. The van der Waals surface area contributed by atoms with Crippen LogP contribution in [-0.4, -0.2) is 32.9 Å². The SMILES string of the molecule is Cc1ccc(-n2nnnc2CNC(=O)C=Cc2ccc3c(c2)OCO3)cc1. The lowest BCUT2D eigenvalue weighted by Gasteiger charge is -2.05. The van der Waals surface area contributed by atoms with Crippen molar-refractivity contribution >= 4 is 12.0 Å². The summed E-state index contributed by atoms with van der Waals surface area (Å²) in [5, 5.41) is 14.4. The highest BCUT2D eigenvalue weighted by Gasteiger charge is 2.12. The molecule has 27 heavy (non-hydrogen) atoms. The first-order chi connectivity index (χ1) is 13.2. The first-order valence-corrected chi connectivity index (χ1v) is 8.39. The molecule has 2 aromatic carbocycles. The van der Waals surface area contributed by atoms with Crippen molar-refractivity contribution in [3.63, 3.8) is 0 Å². The smallest absolute Gasteiger partial charge is 0.244 e. The maximum Gasteiger partial charge on any atom is 0.244 e. The number of amides is 1. The van der Waals surface area contributed by atoms with Gasteiger partial charge in [-0.2, -0.15) is 4.68 Å². The molecule has 8 heteroatoms. The van der Waals surface area contributed by atoms with E-state index in [0.29, 0.717) is 17.3 Å². The minimum atomic E-state index is -0.244. The number of aromatic nitrogens is 4. The van der Waals surface area contributed by atoms with Gasteiger partial charge in [0, 0.05) is 6.08 Å². The molecule has 0 fully saturated rings. The summed E-state index contributed by atoms with van der Waals surface area (Å²) in [6, 6.07) is 13.3. The molecule has 0 saturated carbocycles. The fourth-order valence-corrected chi connectivity index (χ4v) is 2.62. The third kappa shape index (κ3) is 3.79. The Hall–Kier alpha value is -3.68. The molecule has 0 atom stereocenters. The summed E-state index contributed by atoms with van der Waals surface area (Å²) in [6.07, 6.45) is 3.16. The molecule has 4 rings (SSSR count). The number of fused-ring (bicyclic) bond motifs is 1. The van der Waals surface area contributed by atoms with Crippen molar-refractivity contribution in [3.8, 4) is 17.2 Å². The number of benzene rings is 2. The normalized spacial score (nSPS) is 12.5. The van der Waals surface area contributed by atoms with Crippen molar-refractivity contribution in [2.45, 2.75) is 13.5 Å². The molecule has 1 N–H and O–H groups in total. The fourth-order valence-electron chi connectivity index (χ4n) is 2.62. The molecule has 1 amide bonds. The lowest BCUT2D eigenvalue weighted by molar-refractivity contribution is -0.116. The van der Waals surface area contributed by atoms with Crippen LogP contribution >= 0.6 is 0 Å². The van der Waals surface area contributed by atoms with E-state index >= 15 is 0 Å². The van der Waals surface area contributed by atoms with Crippen LogP contribution in [0.4, 0.5) is 0 Å². The van der Waals surface area contributed by atoms with Crippen LogP contribution in [0.2, 0.25) is 0 Å². The molecular formula is C19H17N5O3. The lowest BCUT2D eigenvalue weighted by Crippen LogP contribution is -2.22. The van der Waals surface area contributed by atoms with E-state index in [4.69, 9.17) is 9.47 Å². The second-order valence-corrected chi connectivity index (χ2v) is 6.01. The van der Waals surface area contributed by atoms with Gasteiger partial charge in [-0.1, -0.05) is 23.8 Å². The third-order valence-electron chi connectivity index (χ3n) is 4.06. The largest absolute Gasteiger partial charge is 0.454 e. The number of carbonyl (C=O) groups is 1. The average Bonchev–Trinajstić information content (AvgIpc) is 3.34. The van der Waals surface area contributed by atoms with Crippen molar-refractivity contribution in [1.29, 1.82) is 0 Å². The number of hydrogen-bond donors (Lipinski definition) is 1. The number of nitrogens with one attached hydrogen (secondary N) is 1. The van der Waals surface area contributed by atoms with Crippen LogP contribution in [0.15, 0.2) is 48.5 Å². The molecule has 0 saturated heterocycles. The first kappa shape index (κ1) is 16.8. The van der Waals surface area contributed by atoms with Crippen molar-refractivity contribution in [2.24, 2.45) is 0 Å². The number of tetrazole rings is 1. The van der Waals surface area contributed by atoms with Crippen molar-refractivity contribution in [1.82, 2.24) is 25.5 Å². The highest BCUT2D eigenvalue weighted by molar-refractivity contribution is 5.91. The monoisotopic (exact) mass is 363 g/mol. The van der Waals surface area contributed by atoms with Gasteiger partial charge in [-0.15, -0.1) is 5.10 Å². The molecular weight excluding hydrogens is 346 g/mol. The van der Waals surface area contributed by atoms with Gasteiger partial charge in [0.15, 0.2) is 17.3 Å². The summed E-state index contributed by atoms with van der Waals surface area (Å²) in [5.41, 5.74) is 2.83. The van der Waals surface area contributed by atoms with E-state index in [2.05, 4.69) is 20.8 Å². The van der Waals surface area contributed by atoms with Gasteiger partial charge in [-0.05, 0) is 53.3 Å². The summed E-state index contributed by atoms with van der Waals surface area (Å²) >= 11 is 0. The van der Waals surface area contributed by atoms with Gasteiger partial charge in [-0.3, -0.25) is 4.79 Å². The molecule has 136 valence electrons.